The lowest BCUT2D eigenvalue weighted by Gasteiger charge is -2.04. The minimum absolute atomic E-state index is 0.103. The number of carbonyl (C=O) groups excluding carboxylic acids is 1. The van der Waals surface area contributed by atoms with Crippen LogP contribution in [0.2, 0.25) is 0 Å². The monoisotopic (exact) mass is 300 g/mol. The van der Waals surface area contributed by atoms with Crippen LogP contribution in [0.1, 0.15) is 41.6 Å². The van der Waals surface area contributed by atoms with Gasteiger partial charge in [-0.1, -0.05) is 38.1 Å². The Morgan fingerprint density at radius 3 is 2.62 bits per heavy atom. The number of rotatable bonds is 5. The van der Waals surface area contributed by atoms with E-state index in [4.69, 9.17) is 0 Å². The summed E-state index contributed by atoms with van der Waals surface area (Å²) in [5.74, 6) is 0.418. The van der Waals surface area contributed by atoms with Gasteiger partial charge in [0.2, 0.25) is 5.91 Å². The fraction of sp³-hybridized carbons (Fsp3) is 0.294. The van der Waals surface area contributed by atoms with Crippen LogP contribution >= 0.6 is 11.3 Å². The van der Waals surface area contributed by atoms with Gasteiger partial charge in [0, 0.05) is 11.5 Å². The SMILES string of the molecule is Cc1nc(CNC(=O)/C=C/c2ccc(C(C)C)cc2)cs1. The summed E-state index contributed by atoms with van der Waals surface area (Å²) >= 11 is 1.59. The highest BCUT2D eigenvalue weighted by Crippen LogP contribution is 2.15. The van der Waals surface area contributed by atoms with Crippen LogP contribution in [0.5, 0.6) is 0 Å². The zero-order chi connectivity index (χ0) is 15.2. The normalized spacial score (nSPS) is 11.2. The molecule has 0 unspecified atom stereocenters. The van der Waals surface area contributed by atoms with Gasteiger partial charge in [-0.2, -0.15) is 0 Å². The van der Waals surface area contributed by atoms with Crippen LogP contribution in [0.15, 0.2) is 35.7 Å². The first kappa shape index (κ1) is 15.4. The lowest BCUT2D eigenvalue weighted by atomic mass is 10.0. The molecule has 1 heterocycles. The van der Waals surface area contributed by atoms with Crippen LogP contribution in [-0.2, 0) is 11.3 Å². The third-order valence-electron chi connectivity index (χ3n) is 3.14. The van der Waals surface area contributed by atoms with Gasteiger partial charge in [-0.05, 0) is 30.0 Å². The molecule has 0 bridgehead atoms. The molecule has 3 nitrogen and oxygen atoms in total. The highest BCUT2D eigenvalue weighted by molar-refractivity contribution is 7.09. The van der Waals surface area contributed by atoms with Crippen LogP contribution < -0.4 is 5.32 Å². The van der Waals surface area contributed by atoms with E-state index in [-0.39, 0.29) is 5.91 Å². The largest absolute Gasteiger partial charge is 0.347 e. The maximum Gasteiger partial charge on any atom is 0.244 e. The molecule has 0 aliphatic carbocycles. The Balaban J connectivity index is 1.86. The first-order valence-corrected chi connectivity index (χ1v) is 7.89. The summed E-state index contributed by atoms with van der Waals surface area (Å²) in [4.78, 5) is 16.1. The van der Waals surface area contributed by atoms with Gasteiger partial charge in [-0.25, -0.2) is 4.98 Å². The summed E-state index contributed by atoms with van der Waals surface area (Å²) in [6.45, 7) is 6.76. The second kappa shape index (κ2) is 7.18. The number of carbonyl (C=O) groups is 1. The molecular weight excluding hydrogens is 280 g/mol. The van der Waals surface area contributed by atoms with Crippen molar-refractivity contribution >= 4 is 23.3 Å². The van der Waals surface area contributed by atoms with E-state index in [0.717, 1.165) is 16.3 Å². The fourth-order valence-corrected chi connectivity index (χ4v) is 2.50. The number of nitrogens with one attached hydrogen (secondary N) is 1. The molecule has 2 rings (SSSR count). The van der Waals surface area contributed by atoms with Gasteiger partial charge >= 0.3 is 0 Å². The molecule has 0 spiro atoms. The van der Waals surface area contributed by atoms with Gasteiger partial charge in [-0.15, -0.1) is 11.3 Å². The Kier molecular flexibility index (Phi) is 5.28. The summed E-state index contributed by atoms with van der Waals surface area (Å²) in [6.07, 6.45) is 3.38. The number of thiazole rings is 1. The predicted molar refractivity (Wildman–Crippen MR) is 88.3 cm³/mol. The maximum atomic E-state index is 11.7. The molecule has 4 heteroatoms. The van der Waals surface area contributed by atoms with Crippen LogP contribution in [0.4, 0.5) is 0 Å². The number of benzene rings is 1. The lowest BCUT2D eigenvalue weighted by molar-refractivity contribution is -0.116. The van der Waals surface area contributed by atoms with E-state index in [1.54, 1.807) is 17.4 Å². The number of aryl methyl sites for hydroxylation is 1. The molecule has 0 radical (unpaired) electrons. The van der Waals surface area contributed by atoms with Crippen molar-refractivity contribution in [3.05, 3.63) is 57.6 Å². The maximum absolute atomic E-state index is 11.7. The molecule has 21 heavy (non-hydrogen) atoms. The van der Waals surface area contributed by atoms with E-state index in [2.05, 4.69) is 36.3 Å². The molecule has 0 saturated carbocycles. The Hall–Kier alpha value is -1.94. The molecule has 2 aromatic rings. The zero-order valence-corrected chi connectivity index (χ0v) is 13.4. The molecule has 1 aromatic heterocycles. The number of nitrogens with zero attached hydrogens (tertiary/aromatic N) is 1. The molecule has 110 valence electrons. The van der Waals surface area contributed by atoms with Crippen molar-refractivity contribution in [3.63, 3.8) is 0 Å². The molecule has 0 aliphatic heterocycles. The summed E-state index contributed by atoms with van der Waals surface area (Å²) in [5, 5.41) is 5.81. The van der Waals surface area contributed by atoms with Crippen molar-refractivity contribution in [2.24, 2.45) is 0 Å². The molecule has 1 amide bonds. The lowest BCUT2D eigenvalue weighted by Crippen LogP contribution is -2.20. The van der Waals surface area contributed by atoms with Crippen molar-refractivity contribution < 1.29 is 4.79 Å². The first-order valence-electron chi connectivity index (χ1n) is 7.01. The molecule has 1 aromatic carbocycles. The Bertz CT molecular complexity index is 626. The van der Waals surface area contributed by atoms with E-state index in [0.29, 0.717) is 12.5 Å². The third-order valence-corrected chi connectivity index (χ3v) is 3.96. The van der Waals surface area contributed by atoms with Crippen LogP contribution in [-0.4, -0.2) is 10.9 Å². The van der Waals surface area contributed by atoms with Gasteiger partial charge in [0.1, 0.15) is 0 Å². The Morgan fingerprint density at radius 2 is 2.05 bits per heavy atom. The van der Waals surface area contributed by atoms with Crippen molar-refractivity contribution in [1.29, 1.82) is 0 Å². The van der Waals surface area contributed by atoms with Gasteiger partial charge in [0.05, 0.1) is 17.2 Å². The molecule has 0 atom stereocenters. The van der Waals surface area contributed by atoms with E-state index >= 15 is 0 Å². The minimum Gasteiger partial charge on any atom is -0.347 e. The van der Waals surface area contributed by atoms with Crippen LogP contribution in [0, 0.1) is 6.92 Å². The fourth-order valence-electron chi connectivity index (χ4n) is 1.89. The van der Waals surface area contributed by atoms with Gasteiger partial charge < -0.3 is 5.32 Å². The Morgan fingerprint density at radius 1 is 1.33 bits per heavy atom. The van der Waals surface area contributed by atoms with Gasteiger partial charge in [-0.3, -0.25) is 4.79 Å². The van der Waals surface area contributed by atoms with E-state index < -0.39 is 0 Å². The molecule has 0 saturated heterocycles. The van der Waals surface area contributed by atoms with Crippen molar-refractivity contribution in [2.75, 3.05) is 0 Å². The molecular formula is C17H20N2OS. The summed E-state index contributed by atoms with van der Waals surface area (Å²) in [5.41, 5.74) is 3.23. The quantitative estimate of drug-likeness (QED) is 0.851. The smallest absolute Gasteiger partial charge is 0.244 e. The highest BCUT2D eigenvalue weighted by atomic mass is 32.1. The zero-order valence-electron chi connectivity index (χ0n) is 12.6. The van der Waals surface area contributed by atoms with Crippen LogP contribution in [0.3, 0.4) is 0 Å². The molecule has 0 aliphatic rings. The van der Waals surface area contributed by atoms with E-state index in [1.807, 2.05) is 30.5 Å². The van der Waals surface area contributed by atoms with Crippen molar-refractivity contribution in [3.8, 4) is 0 Å². The number of hydrogen-bond acceptors (Lipinski definition) is 3. The summed E-state index contributed by atoms with van der Waals surface area (Å²) < 4.78 is 0. The van der Waals surface area contributed by atoms with Gasteiger partial charge in [0.25, 0.3) is 0 Å². The predicted octanol–water partition coefficient (Wildman–Crippen LogP) is 3.90. The first-order chi connectivity index (χ1) is 10.0. The highest BCUT2D eigenvalue weighted by Gasteiger charge is 2.01. The average molecular weight is 300 g/mol. The topological polar surface area (TPSA) is 42.0 Å². The summed E-state index contributed by atoms with van der Waals surface area (Å²) in [7, 11) is 0. The average Bonchev–Trinajstić information content (AvgIpc) is 2.89. The van der Waals surface area contributed by atoms with Gasteiger partial charge in [0.15, 0.2) is 0 Å². The van der Waals surface area contributed by atoms with E-state index in [9.17, 15) is 4.79 Å². The third kappa shape index (κ3) is 4.83. The van der Waals surface area contributed by atoms with E-state index in [1.165, 1.54) is 5.56 Å². The Labute approximate surface area is 129 Å². The van der Waals surface area contributed by atoms with Crippen molar-refractivity contribution in [1.82, 2.24) is 10.3 Å². The molecule has 0 fully saturated rings. The molecule has 1 N–H and O–H groups in total. The number of amides is 1. The standard InChI is InChI=1S/C17H20N2OS/c1-12(2)15-7-4-14(5-8-15)6-9-17(20)18-10-16-11-21-13(3)19-16/h4-9,11-12H,10H2,1-3H3,(H,18,20)/b9-6+. The second-order valence-corrected chi connectivity index (χ2v) is 6.29. The van der Waals surface area contributed by atoms with Crippen molar-refractivity contribution in [2.45, 2.75) is 33.2 Å². The summed E-state index contributed by atoms with van der Waals surface area (Å²) in [6, 6.07) is 8.26. The van der Waals surface area contributed by atoms with Crippen LogP contribution in [0.25, 0.3) is 6.08 Å². The number of aromatic nitrogens is 1. The minimum atomic E-state index is -0.103. The second-order valence-electron chi connectivity index (χ2n) is 5.23. The number of hydrogen-bond donors (Lipinski definition) is 1.